The Labute approximate surface area is 191 Å². The lowest BCUT2D eigenvalue weighted by Crippen LogP contribution is -2.49. The number of anilines is 1. The van der Waals surface area contributed by atoms with Crippen LogP contribution in [0.5, 0.6) is 0 Å². The molecule has 9 heteroatoms. The largest absolute Gasteiger partial charge is 0.353 e. The molecular formula is C23H34N4O4S. The van der Waals surface area contributed by atoms with E-state index in [9.17, 15) is 18.0 Å². The number of amides is 2. The number of likely N-dealkylation sites (tertiary alicyclic amines) is 1. The minimum absolute atomic E-state index is 0.186. The third-order valence-electron chi connectivity index (χ3n) is 6.81. The molecule has 1 aromatic rings. The second-order valence-corrected chi connectivity index (χ2v) is 11.0. The normalized spacial score (nSPS) is 22.5. The topological polar surface area (TPSA) is 90.0 Å². The molecule has 32 heavy (non-hydrogen) atoms. The first-order chi connectivity index (χ1) is 15.4. The molecule has 8 nitrogen and oxygen atoms in total. The summed E-state index contributed by atoms with van der Waals surface area (Å²) in [6, 6.07) is 4.25. The molecule has 0 unspecified atom stereocenters. The minimum atomic E-state index is -3.56. The fourth-order valence-corrected chi connectivity index (χ4v) is 6.65. The van der Waals surface area contributed by atoms with Crippen molar-refractivity contribution in [3.63, 3.8) is 0 Å². The number of rotatable bonds is 6. The highest BCUT2D eigenvalue weighted by Gasteiger charge is 2.38. The van der Waals surface area contributed by atoms with Crippen LogP contribution in [0.1, 0.15) is 51.0 Å². The zero-order valence-electron chi connectivity index (χ0n) is 18.9. The molecule has 0 aromatic heterocycles. The Hall–Kier alpha value is -1.97. The maximum atomic E-state index is 13.1. The molecular weight excluding hydrogens is 428 g/mol. The molecule has 3 aliphatic heterocycles. The number of sulfonamides is 1. The molecule has 3 aliphatic rings. The first-order valence-electron chi connectivity index (χ1n) is 11.8. The minimum Gasteiger partial charge on any atom is -0.353 e. The van der Waals surface area contributed by atoms with Gasteiger partial charge < -0.3 is 10.2 Å². The summed E-state index contributed by atoms with van der Waals surface area (Å²) in [6.45, 7) is 6.02. The average Bonchev–Trinajstić information content (AvgIpc) is 3.19. The summed E-state index contributed by atoms with van der Waals surface area (Å²) in [4.78, 5) is 29.4. The van der Waals surface area contributed by atoms with Gasteiger partial charge in [-0.25, -0.2) is 8.42 Å². The standard InChI is InChI=1S/C23H34N4O4S/c1-18(28)27-21-9-8-20(32(30,31)26-13-6-3-7-14-26)16-19(21)17-22(27)23(29)24-10-15-25-11-4-2-5-12-25/h8-9,16,22H,2-7,10-15,17H2,1H3,(H,24,29)/t22-/m1/s1. The van der Waals surface area contributed by atoms with Gasteiger partial charge in [-0.3, -0.25) is 14.5 Å². The van der Waals surface area contributed by atoms with E-state index in [4.69, 9.17) is 0 Å². The summed E-state index contributed by atoms with van der Waals surface area (Å²) in [5.41, 5.74) is 1.36. The van der Waals surface area contributed by atoms with E-state index in [0.717, 1.165) is 44.5 Å². The van der Waals surface area contributed by atoms with Crippen LogP contribution in [0.15, 0.2) is 23.1 Å². The van der Waals surface area contributed by atoms with Crippen LogP contribution in [0.4, 0.5) is 5.69 Å². The molecule has 2 saturated heterocycles. The summed E-state index contributed by atoms with van der Waals surface area (Å²) < 4.78 is 27.7. The number of nitrogens with zero attached hydrogens (tertiary/aromatic N) is 3. The van der Waals surface area contributed by atoms with Crippen molar-refractivity contribution < 1.29 is 18.0 Å². The molecule has 0 saturated carbocycles. The maximum absolute atomic E-state index is 13.1. The zero-order chi connectivity index (χ0) is 22.7. The highest BCUT2D eigenvalue weighted by Crippen LogP contribution is 2.35. The highest BCUT2D eigenvalue weighted by molar-refractivity contribution is 7.89. The Bertz CT molecular complexity index is 953. The molecule has 2 fully saturated rings. The number of fused-ring (bicyclic) bond motifs is 1. The van der Waals surface area contributed by atoms with Crippen LogP contribution >= 0.6 is 0 Å². The summed E-state index contributed by atoms with van der Waals surface area (Å²) >= 11 is 0. The molecule has 1 aromatic carbocycles. The number of hydrogen-bond acceptors (Lipinski definition) is 5. The summed E-state index contributed by atoms with van der Waals surface area (Å²) in [6.07, 6.45) is 6.81. The van der Waals surface area contributed by atoms with Crippen molar-refractivity contribution in [1.29, 1.82) is 0 Å². The number of piperidine rings is 2. The Kier molecular flexibility index (Phi) is 7.17. The molecule has 176 valence electrons. The smallest absolute Gasteiger partial charge is 0.243 e. The van der Waals surface area contributed by atoms with Crippen molar-refractivity contribution in [2.45, 2.75) is 62.8 Å². The fourth-order valence-electron chi connectivity index (χ4n) is 5.08. The molecule has 3 heterocycles. The van der Waals surface area contributed by atoms with Crippen molar-refractivity contribution >= 4 is 27.5 Å². The predicted molar refractivity (Wildman–Crippen MR) is 123 cm³/mol. The summed E-state index contributed by atoms with van der Waals surface area (Å²) in [5, 5.41) is 2.99. The van der Waals surface area contributed by atoms with E-state index in [1.165, 1.54) is 31.1 Å². The van der Waals surface area contributed by atoms with Gasteiger partial charge >= 0.3 is 0 Å². The average molecular weight is 463 g/mol. The van der Waals surface area contributed by atoms with Crippen LogP contribution in [0, 0.1) is 0 Å². The van der Waals surface area contributed by atoms with E-state index >= 15 is 0 Å². The fraction of sp³-hybridized carbons (Fsp3) is 0.652. The van der Waals surface area contributed by atoms with Gasteiger partial charge in [0, 0.05) is 45.2 Å². The molecule has 1 N–H and O–H groups in total. The highest BCUT2D eigenvalue weighted by atomic mass is 32.2. The van der Waals surface area contributed by atoms with Crippen molar-refractivity contribution in [2.24, 2.45) is 0 Å². The Morgan fingerprint density at radius 3 is 2.31 bits per heavy atom. The number of carbonyl (C=O) groups excluding carboxylic acids is 2. The van der Waals surface area contributed by atoms with Crippen molar-refractivity contribution in [3.8, 4) is 0 Å². The number of hydrogen-bond donors (Lipinski definition) is 1. The molecule has 0 bridgehead atoms. The lowest BCUT2D eigenvalue weighted by atomic mass is 10.1. The van der Waals surface area contributed by atoms with Crippen LogP contribution in [-0.4, -0.2) is 74.7 Å². The van der Waals surface area contributed by atoms with E-state index in [2.05, 4.69) is 10.2 Å². The summed E-state index contributed by atoms with van der Waals surface area (Å²) in [5.74, 6) is -0.402. The van der Waals surface area contributed by atoms with Gasteiger partial charge in [0.2, 0.25) is 21.8 Å². The first-order valence-corrected chi connectivity index (χ1v) is 13.2. The van der Waals surface area contributed by atoms with Crippen LogP contribution in [0.2, 0.25) is 0 Å². The molecule has 0 aliphatic carbocycles. The van der Waals surface area contributed by atoms with Crippen LogP contribution in [0.3, 0.4) is 0 Å². The van der Waals surface area contributed by atoms with Crippen molar-refractivity contribution in [2.75, 3.05) is 44.2 Å². The Morgan fingerprint density at radius 1 is 1.00 bits per heavy atom. The second kappa shape index (κ2) is 9.89. The lowest BCUT2D eigenvalue weighted by Gasteiger charge is -2.27. The lowest BCUT2D eigenvalue weighted by molar-refractivity contribution is -0.125. The molecule has 4 rings (SSSR count). The van der Waals surface area contributed by atoms with Gasteiger partial charge in [0.25, 0.3) is 0 Å². The second-order valence-electron chi connectivity index (χ2n) is 9.06. The van der Waals surface area contributed by atoms with Gasteiger partial charge in [-0.15, -0.1) is 0 Å². The number of nitrogens with one attached hydrogen (secondary N) is 1. The first kappa shape index (κ1) is 23.2. The van der Waals surface area contributed by atoms with E-state index in [1.807, 2.05) is 0 Å². The van der Waals surface area contributed by atoms with Gasteiger partial charge in [0.1, 0.15) is 6.04 Å². The van der Waals surface area contributed by atoms with Crippen molar-refractivity contribution in [1.82, 2.24) is 14.5 Å². The molecule has 2 amide bonds. The van der Waals surface area contributed by atoms with E-state index < -0.39 is 16.1 Å². The van der Waals surface area contributed by atoms with Gasteiger partial charge in [0.15, 0.2) is 0 Å². The van der Waals surface area contributed by atoms with Gasteiger partial charge in [-0.05, 0) is 62.5 Å². The quantitative estimate of drug-likeness (QED) is 0.696. The van der Waals surface area contributed by atoms with Crippen LogP contribution in [0.25, 0.3) is 0 Å². The number of carbonyl (C=O) groups is 2. The third-order valence-corrected chi connectivity index (χ3v) is 8.70. The monoisotopic (exact) mass is 462 g/mol. The Balaban J connectivity index is 1.46. The zero-order valence-corrected chi connectivity index (χ0v) is 19.7. The SMILES string of the molecule is CC(=O)N1c2ccc(S(=O)(=O)N3CCCCC3)cc2C[C@@H]1C(=O)NCCN1CCCCC1. The molecule has 0 spiro atoms. The van der Waals surface area contributed by atoms with Gasteiger partial charge in [0.05, 0.1) is 4.90 Å². The molecule has 1 atom stereocenters. The Morgan fingerprint density at radius 2 is 1.66 bits per heavy atom. The van der Waals surface area contributed by atoms with Gasteiger partial charge in [-0.2, -0.15) is 4.31 Å². The third kappa shape index (κ3) is 4.84. The van der Waals surface area contributed by atoms with Crippen molar-refractivity contribution in [3.05, 3.63) is 23.8 Å². The molecule has 0 radical (unpaired) electrons. The maximum Gasteiger partial charge on any atom is 0.243 e. The van der Waals surface area contributed by atoms with E-state index in [0.29, 0.717) is 31.7 Å². The van der Waals surface area contributed by atoms with Crippen LogP contribution in [-0.2, 0) is 26.0 Å². The predicted octanol–water partition coefficient (Wildman–Crippen LogP) is 1.74. The van der Waals surface area contributed by atoms with Gasteiger partial charge in [-0.1, -0.05) is 12.8 Å². The van der Waals surface area contributed by atoms with E-state index in [1.54, 1.807) is 22.5 Å². The summed E-state index contributed by atoms with van der Waals surface area (Å²) in [7, 11) is -3.56. The van der Waals surface area contributed by atoms with Crippen LogP contribution < -0.4 is 10.2 Å². The van der Waals surface area contributed by atoms with E-state index in [-0.39, 0.29) is 16.7 Å². The number of benzene rings is 1.